The lowest BCUT2D eigenvalue weighted by atomic mass is 9.74. The molecule has 0 aromatic heterocycles. The predicted molar refractivity (Wildman–Crippen MR) is 88.9 cm³/mol. The number of hydrogen-bond donors (Lipinski definition) is 1. The minimum atomic E-state index is -1.79. The van der Waals surface area contributed by atoms with Crippen molar-refractivity contribution in [1.29, 1.82) is 0 Å². The van der Waals surface area contributed by atoms with E-state index in [1.165, 1.54) is 7.11 Å². The Hall–Kier alpha value is -1.03. The molecule has 3 saturated heterocycles. The summed E-state index contributed by atoms with van der Waals surface area (Å²) in [4.78, 5) is 12.5. The Morgan fingerprint density at radius 3 is 2.31 bits per heavy atom. The molecule has 26 heavy (non-hydrogen) atoms. The van der Waals surface area contributed by atoms with E-state index in [1.54, 1.807) is 34.6 Å². The van der Waals surface area contributed by atoms with Gasteiger partial charge in [0.25, 0.3) is 0 Å². The summed E-state index contributed by atoms with van der Waals surface area (Å²) in [6.45, 7) is 12.7. The number of methoxy groups -OCH3 is 1. The summed E-state index contributed by atoms with van der Waals surface area (Å²) < 4.78 is 34.1. The van der Waals surface area contributed by atoms with Crippen molar-refractivity contribution in [3.05, 3.63) is 12.2 Å². The van der Waals surface area contributed by atoms with E-state index in [-0.39, 0.29) is 6.61 Å². The Kier molecular flexibility index (Phi) is 4.74. The lowest BCUT2D eigenvalue weighted by Crippen LogP contribution is -2.61. The first-order chi connectivity index (χ1) is 11.9. The smallest absolute Gasteiger partial charge is 0.315 e. The predicted octanol–water partition coefficient (Wildman–Crippen LogP) is 1.11. The number of hydrogen-bond acceptors (Lipinski definition) is 8. The second-order valence-corrected chi connectivity index (χ2v) is 8.04. The minimum absolute atomic E-state index is 0.201. The van der Waals surface area contributed by atoms with E-state index in [2.05, 4.69) is 6.58 Å². The zero-order chi connectivity index (χ0) is 19.5. The van der Waals surface area contributed by atoms with Crippen LogP contribution in [0.2, 0.25) is 0 Å². The number of esters is 1. The summed E-state index contributed by atoms with van der Waals surface area (Å²) in [5, 5.41) is 11.8. The van der Waals surface area contributed by atoms with Gasteiger partial charge in [-0.25, -0.2) is 0 Å². The minimum Gasteiger partial charge on any atom is -0.468 e. The summed E-state index contributed by atoms with van der Waals surface area (Å²) in [5.41, 5.74) is -1.36. The van der Waals surface area contributed by atoms with Crippen LogP contribution in [0.15, 0.2) is 12.2 Å². The van der Waals surface area contributed by atoms with E-state index < -0.39 is 53.7 Å². The molecular formula is C18H28O8. The lowest BCUT2D eigenvalue weighted by Gasteiger charge is -2.40. The topological polar surface area (TPSA) is 92.7 Å². The highest BCUT2D eigenvalue weighted by Gasteiger charge is 2.70. The molecule has 3 fully saturated rings. The van der Waals surface area contributed by atoms with Crippen LogP contribution in [-0.2, 0) is 33.2 Å². The van der Waals surface area contributed by atoms with Gasteiger partial charge in [-0.15, -0.1) is 0 Å². The average molecular weight is 372 g/mol. The van der Waals surface area contributed by atoms with Gasteiger partial charge in [-0.1, -0.05) is 12.2 Å². The van der Waals surface area contributed by atoms with Crippen LogP contribution in [0.1, 0.15) is 34.6 Å². The number of carbonyl (C=O) groups is 1. The third-order valence-electron chi connectivity index (χ3n) is 5.01. The first-order valence-corrected chi connectivity index (χ1v) is 8.70. The maximum absolute atomic E-state index is 12.5. The van der Waals surface area contributed by atoms with Gasteiger partial charge in [0.15, 0.2) is 17.9 Å². The van der Waals surface area contributed by atoms with Crippen molar-refractivity contribution in [2.45, 2.75) is 76.4 Å². The average Bonchev–Trinajstić information content (AvgIpc) is 3.09. The molecule has 6 atom stereocenters. The van der Waals surface area contributed by atoms with Gasteiger partial charge in [0, 0.05) is 0 Å². The van der Waals surface area contributed by atoms with Gasteiger partial charge in [0.2, 0.25) is 0 Å². The fourth-order valence-corrected chi connectivity index (χ4v) is 4.04. The maximum Gasteiger partial charge on any atom is 0.315 e. The van der Waals surface area contributed by atoms with Crippen molar-refractivity contribution >= 4 is 5.97 Å². The van der Waals surface area contributed by atoms with E-state index in [0.717, 1.165) is 0 Å². The Morgan fingerprint density at radius 1 is 1.15 bits per heavy atom. The Balaban J connectivity index is 2.01. The van der Waals surface area contributed by atoms with Gasteiger partial charge in [0.1, 0.15) is 29.8 Å². The molecule has 0 aliphatic carbocycles. The van der Waals surface area contributed by atoms with Crippen molar-refractivity contribution in [3.8, 4) is 0 Å². The summed E-state index contributed by atoms with van der Waals surface area (Å²) >= 11 is 0. The first-order valence-electron chi connectivity index (χ1n) is 8.70. The maximum atomic E-state index is 12.5. The normalized spacial score (nSPS) is 41.7. The molecule has 0 saturated carbocycles. The molecule has 3 aliphatic heterocycles. The van der Waals surface area contributed by atoms with Crippen molar-refractivity contribution in [2.24, 2.45) is 5.92 Å². The highest BCUT2D eigenvalue weighted by Crippen LogP contribution is 2.50. The first kappa shape index (κ1) is 19.7. The van der Waals surface area contributed by atoms with E-state index in [1.807, 2.05) is 0 Å². The standard InChI is InChI=1S/C18H28O8/c1-9(2)11(14(19)21-7)18(20)12(10-8-22-16(3,4)24-10)23-15-13(18)25-17(5,6)26-15/h10-13,15,20H,1,8H2,2-7H3/t10-,11-,12+,13-,15+,18+/m0/s1. The largest absolute Gasteiger partial charge is 0.468 e. The number of ether oxygens (including phenoxy) is 6. The summed E-state index contributed by atoms with van der Waals surface area (Å²) in [6, 6.07) is 0. The van der Waals surface area contributed by atoms with Crippen LogP contribution >= 0.6 is 0 Å². The molecule has 0 unspecified atom stereocenters. The summed E-state index contributed by atoms with van der Waals surface area (Å²) in [6.07, 6.45) is -3.28. The number of rotatable bonds is 4. The molecule has 8 nitrogen and oxygen atoms in total. The van der Waals surface area contributed by atoms with Crippen molar-refractivity contribution in [3.63, 3.8) is 0 Å². The van der Waals surface area contributed by atoms with Gasteiger partial charge in [0.05, 0.1) is 13.7 Å². The van der Waals surface area contributed by atoms with Crippen LogP contribution in [0.4, 0.5) is 0 Å². The third kappa shape index (κ3) is 3.08. The van der Waals surface area contributed by atoms with Crippen LogP contribution < -0.4 is 0 Å². The van der Waals surface area contributed by atoms with Gasteiger partial charge in [-0.2, -0.15) is 0 Å². The van der Waals surface area contributed by atoms with Crippen molar-refractivity contribution < 1.29 is 38.3 Å². The van der Waals surface area contributed by atoms with Gasteiger partial charge in [-0.3, -0.25) is 4.79 Å². The van der Waals surface area contributed by atoms with Gasteiger partial charge >= 0.3 is 5.97 Å². The van der Waals surface area contributed by atoms with Crippen LogP contribution in [0.25, 0.3) is 0 Å². The van der Waals surface area contributed by atoms with Gasteiger partial charge in [-0.05, 0) is 34.6 Å². The zero-order valence-electron chi connectivity index (χ0n) is 16.1. The number of fused-ring (bicyclic) bond motifs is 1. The second kappa shape index (κ2) is 6.25. The molecule has 0 aromatic carbocycles. The highest BCUT2D eigenvalue weighted by molar-refractivity contribution is 5.77. The third-order valence-corrected chi connectivity index (χ3v) is 5.01. The highest BCUT2D eigenvalue weighted by atomic mass is 16.8. The van der Waals surface area contributed by atoms with Crippen LogP contribution in [0.5, 0.6) is 0 Å². The van der Waals surface area contributed by atoms with Crippen molar-refractivity contribution in [2.75, 3.05) is 13.7 Å². The SMILES string of the molecule is C=C(C)[C@@H](C(=O)OC)[C@@]1(O)[C@@H]([C@@H]2COC(C)(C)O2)O[C@@H]2OC(C)(C)O[C@@H]21. The molecular weight excluding hydrogens is 344 g/mol. The molecule has 3 heterocycles. The molecule has 8 heteroatoms. The fourth-order valence-electron chi connectivity index (χ4n) is 4.04. The van der Waals surface area contributed by atoms with E-state index in [4.69, 9.17) is 28.4 Å². The molecule has 0 radical (unpaired) electrons. The van der Waals surface area contributed by atoms with Gasteiger partial charge < -0.3 is 33.5 Å². The molecule has 0 spiro atoms. The quantitative estimate of drug-likeness (QED) is 0.580. The van der Waals surface area contributed by atoms with E-state index in [0.29, 0.717) is 5.57 Å². The molecule has 0 bridgehead atoms. The molecule has 148 valence electrons. The van der Waals surface area contributed by atoms with E-state index in [9.17, 15) is 9.90 Å². The van der Waals surface area contributed by atoms with Crippen LogP contribution in [-0.4, -0.2) is 66.6 Å². The molecule has 3 rings (SSSR count). The number of aliphatic hydroxyl groups is 1. The summed E-state index contributed by atoms with van der Waals surface area (Å²) in [5.74, 6) is -3.48. The molecule has 1 N–H and O–H groups in total. The Morgan fingerprint density at radius 2 is 1.81 bits per heavy atom. The second-order valence-electron chi connectivity index (χ2n) is 8.04. The van der Waals surface area contributed by atoms with Crippen LogP contribution in [0.3, 0.4) is 0 Å². The number of carbonyl (C=O) groups excluding carboxylic acids is 1. The Labute approximate surface area is 153 Å². The molecule has 0 aromatic rings. The van der Waals surface area contributed by atoms with Crippen molar-refractivity contribution in [1.82, 2.24) is 0 Å². The zero-order valence-corrected chi connectivity index (χ0v) is 16.1. The van der Waals surface area contributed by atoms with Crippen LogP contribution in [0, 0.1) is 5.92 Å². The lowest BCUT2D eigenvalue weighted by molar-refractivity contribution is -0.254. The Bertz CT molecular complexity index is 600. The molecule has 3 aliphatic rings. The molecule has 0 amide bonds. The summed E-state index contributed by atoms with van der Waals surface area (Å²) in [7, 11) is 1.26. The van der Waals surface area contributed by atoms with E-state index >= 15 is 0 Å². The monoisotopic (exact) mass is 372 g/mol. The fraction of sp³-hybridized carbons (Fsp3) is 0.833.